The molecule has 2 saturated heterocycles. The number of benzene rings is 1. The number of hydrogen-bond acceptors (Lipinski definition) is 3. The van der Waals surface area contributed by atoms with E-state index in [1.165, 1.54) is 6.07 Å². The molecular formula is C16H24BrCl2FN2O. The second-order valence-corrected chi connectivity index (χ2v) is 6.62. The van der Waals surface area contributed by atoms with E-state index in [1.807, 2.05) is 6.07 Å². The monoisotopic (exact) mass is 428 g/mol. The Bertz CT molecular complexity index is 465. The molecule has 132 valence electrons. The first kappa shape index (κ1) is 21.1. The van der Waals surface area contributed by atoms with Gasteiger partial charge in [-0.3, -0.25) is 4.90 Å². The average molecular weight is 430 g/mol. The summed E-state index contributed by atoms with van der Waals surface area (Å²) in [5.74, 6) is 0.370. The van der Waals surface area contributed by atoms with Crippen LogP contribution >= 0.6 is 40.7 Å². The van der Waals surface area contributed by atoms with Gasteiger partial charge < -0.3 is 10.1 Å². The third-order valence-electron chi connectivity index (χ3n) is 4.56. The first-order valence-electron chi connectivity index (χ1n) is 7.74. The highest BCUT2D eigenvalue weighted by Gasteiger charge is 2.32. The summed E-state index contributed by atoms with van der Waals surface area (Å²) in [5, 5.41) is 3.40. The number of halogens is 4. The highest BCUT2D eigenvalue weighted by Crippen LogP contribution is 2.39. The summed E-state index contributed by atoms with van der Waals surface area (Å²) in [6.45, 7) is 5.69. The van der Waals surface area contributed by atoms with Crippen molar-refractivity contribution in [2.45, 2.75) is 18.9 Å². The largest absolute Gasteiger partial charge is 0.381 e. The third kappa shape index (κ3) is 5.03. The van der Waals surface area contributed by atoms with Gasteiger partial charge in [0, 0.05) is 45.4 Å². The minimum absolute atomic E-state index is 0. The minimum Gasteiger partial charge on any atom is -0.381 e. The Morgan fingerprint density at radius 3 is 2.48 bits per heavy atom. The lowest BCUT2D eigenvalue weighted by Crippen LogP contribution is -2.47. The fraction of sp³-hybridized carbons (Fsp3) is 0.625. The zero-order chi connectivity index (χ0) is 14.7. The quantitative estimate of drug-likeness (QED) is 0.790. The zero-order valence-corrected chi connectivity index (χ0v) is 16.2. The fourth-order valence-electron chi connectivity index (χ4n) is 3.49. The summed E-state index contributed by atoms with van der Waals surface area (Å²) >= 11 is 3.47. The summed E-state index contributed by atoms with van der Waals surface area (Å²) < 4.78 is 20.1. The lowest BCUT2D eigenvalue weighted by atomic mass is 9.85. The molecular weight excluding hydrogens is 406 g/mol. The molecule has 0 aromatic heterocycles. The number of rotatable bonds is 3. The highest BCUT2D eigenvalue weighted by atomic mass is 79.9. The molecule has 0 saturated carbocycles. The number of nitrogens with one attached hydrogen (secondary N) is 1. The Balaban J connectivity index is 0.00000132. The first-order chi connectivity index (χ1) is 10.3. The van der Waals surface area contributed by atoms with Crippen LogP contribution in [0, 0.1) is 11.7 Å². The second kappa shape index (κ2) is 10.2. The molecule has 2 heterocycles. The lowest BCUT2D eigenvalue weighted by molar-refractivity contribution is 0.0210. The van der Waals surface area contributed by atoms with Crippen LogP contribution in [0.2, 0.25) is 0 Å². The molecule has 7 heteroatoms. The second-order valence-electron chi connectivity index (χ2n) is 5.82. The fourth-order valence-corrected chi connectivity index (χ4v) is 3.99. The average Bonchev–Trinajstić information content (AvgIpc) is 2.54. The molecule has 2 aliphatic heterocycles. The first-order valence-corrected chi connectivity index (χ1v) is 8.53. The van der Waals surface area contributed by atoms with Gasteiger partial charge in [-0.2, -0.15) is 0 Å². The molecule has 1 N–H and O–H groups in total. The standard InChI is InChI=1S/C16H22BrFN2O.2ClH/c17-15-13(2-1-3-14(15)18)16(12-4-10-21-11-5-12)20-8-6-19-7-9-20;;/h1-3,12,16,19H,4-11H2;2*1H/t16-;;/m1../s1. The molecule has 0 amide bonds. The molecule has 23 heavy (non-hydrogen) atoms. The molecule has 2 fully saturated rings. The van der Waals surface area contributed by atoms with Gasteiger partial charge in [0.05, 0.1) is 4.47 Å². The van der Waals surface area contributed by atoms with Crippen LogP contribution in [0.5, 0.6) is 0 Å². The predicted octanol–water partition coefficient (Wildman–Crippen LogP) is 3.80. The van der Waals surface area contributed by atoms with Crippen LogP contribution in [0.15, 0.2) is 22.7 Å². The molecule has 1 aromatic carbocycles. The maximum absolute atomic E-state index is 14.0. The van der Waals surface area contributed by atoms with Crippen LogP contribution in [-0.4, -0.2) is 44.3 Å². The Morgan fingerprint density at radius 1 is 1.17 bits per heavy atom. The summed E-state index contributed by atoms with van der Waals surface area (Å²) in [7, 11) is 0. The normalized spacial score (nSPS) is 21.1. The van der Waals surface area contributed by atoms with Crippen LogP contribution in [-0.2, 0) is 4.74 Å². The maximum Gasteiger partial charge on any atom is 0.137 e. The molecule has 3 rings (SSSR count). The summed E-state index contributed by atoms with van der Waals surface area (Å²) in [6.07, 6.45) is 2.11. The number of nitrogens with zero attached hydrogens (tertiary/aromatic N) is 1. The van der Waals surface area contributed by atoms with Gasteiger partial charge in [-0.05, 0) is 46.3 Å². The number of ether oxygens (including phenoxy) is 1. The van der Waals surface area contributed by atoms with Gasteiger partial charge in [-0.25, -0.2) is 4.39 Å². The maximum atomic E-state index is 14.0. The molecule has 0 aliphatic carbocycles. The molecule has 0 unspecified atom stereocenters. The van der Waals surface area contributed by atoms with Crippen molar-refractivity contribution in [2.75, 3.05) is 39.4 Å². The van der Waals surface area contributed by atoms with E-state index in [-0.39, 0.29) is 36.7 Å². The molecule has 0 bridgehead atoms. The molecule has 3 nitrogen and oxygen atoms in total. The van der Waals surface area contributed by atoms with Crippen molar-refractivity contribution in [3.05, 3.63) is 34.1 Å². The van der Waals surface area contributed by atoms with Gasteiger partial charge in [0.15, 0.2) is 0 Å². The molecule has 0 radical (unpaired) electrons. The topological polar surface area (TPSA) is 24.5 Å². The van der Waals surface area contributed by atoms with E-state index < -0.39 is 0 Å². The summed E-state index contributed by atoms with van der Waals surface area (Å²) in [5.41, 5.74) is 1.09. The van der Waals surface area contributed by atoms with Crippen LogP contribution in [0.4, 0.5) is 4.39 Å². The van der Waals surface area contributed by atoms with E-state index in [9.17, 15) is 4.39 Å². The van der Waals surface area contributed by atoms with E-state index in [0.29, 0.717) is 10.4 Å². The van der Waals surface area contributed by atoms with Gasteiger partial charge in [-0.15, -0.1) is 24.8 Å². The number of piperazine rings is 1. The zero-order valence-electron chi connectivity index (χ0n) is 13.0. The predicted molar refractivity (Wildman–Crippen MR) is 99.3 cm³/mol. The van der Waals surface area contributed by atoms with Crippen molar-refractivity contribution >= 4 is 40.7 Å². The Kier molecular flexibility index (Phi) is 9.34. The van der Waals surface area contributed by atoms with Crippen LogP contribution in [0.3, 0.4) is 0 Å². The van der Waals surface area contributed by atoms with Crippen molar-refractivity contribution in [3.63, 3.8) is 0 Å². The van der Waals surface area contributed by atoms with Gasteiger partial charge in [-0.1, -0.05) is 12.1 Å². The van der Waals surface area contributed by atoms with Gasteiger partial charge in [0.2, 0.25) is 0 Å². The highest BCUT2D eigenvalue weighted by molar-refractivity contribution is 9.10. The van der Waals surface area contributed by atoms with Crippen molar-refractivity contribution in [3.8, 4) is 0 Å². The van der Waals surface area contributed by atoms with Gasteiger partial charge in [0.1, 0.15) is 5.82 Å². The van der Waals surface area contributed by atoms with Gasteiger partial charge in [0.25, 0.3) is 0 Å². The number of hydrogen-bond donors (Lipinski definition) is 1. The lowest BCUT2D eigenvalue weighted by Gasteiger charge is -2.41. The van der Waals surface area contributed by atoms with E-state index in [1.54, 1.807) is 0 Å². The Hall–Kier alpha value is 0.0900. The third-order valence-corrected chi connectivity index (χ3v) is 5.39. The van der Waals surface area contributed by atoms with Crippen molar-refractivity contribution in [2.24, 2.45) is 5.92 Å². The van der Waals surface area contributed by atoms with E-state index in [0.717, 1.165) is 57.8 Å². The summed E-state index contributed by atoms with van der Waals surface area (Å²) in [4.78, 5) is 2.51. The van der Waals surface area contributed by atoms with Crippen molar-refractivity contribution in [1.82, 2.24) is 10.2 Å². The summed E-state index contributed by atoms with van der Waals surface area (Å²) in [6, 6.07) is 5.69. The molecule has 1 aromatic rings. The van der Waals surface area contributed by atoms with Crippen LogP contribution in [0.1, 0.15) is 24.4 Å². The molecule has 1 atom stereocenters. The van der Waals surface area contributed by atoms with E-state index in [4.69, 9.17) is 4.74 Å². The van der Waals surface area contributed by atoms with Gasteiger partial charge >= 0.3 is 0 Å². The Labute approximate surface area is 158 Å². The smallest absolute Gasteiger partial charge is 0.137 e. The molecule has 0 spiro atoms. The van der Waals surface area contributed by atoms with Crippen LogP contribution < -0.4 is 5.32 Å². The van der Waals surface area contributed by atoms with E-state index >= 15 is 0 Å². The molecule has 2 aliphatic rings. The van der Waals surface area contributed by atoms with Crippen molar-refractivity contribution in [1.29, 1.82) is 0 Å². The SMILES string of the molecule is Cl.Cl.Fc1cccc([C@@H](C2CCOCC2)N2CCNCC2)c1Br. The van der Waals surface area contributed by atoms with Crippen molar-refractivity contribution < 1.29 is 9.13 Å². The van der Waals surface area contributed by atoms with E-state index in [2.05, 4.69) is 32.2 Å². The Morgan fingerprint density at radius 2 is 1.83 bits per heavy atom. The van der Waals surface area contributed by atoms with Crippen LogP contribution in [0.25, 0.3) is 0 Å². The minimum atomic E-state index is -0.167.